The van der Waals surface area contributed by atoms with E-state index < -0.39 is 15.8 Å². The minimum absolute atomic E-state index is 0.00559. The number of thioether (sulfide) groups is 1. The van der Waals surface area contributed by atoms with Crippen LogP contribution in [0.1, 0.15) is 5.82 Å². The van der Waals surface area contributed by atoms with Crippen molar-refractivity contribution in [2.75, 3.05) is 12.0 Å². The second-order valence-corrected chi connectivity index (χ2v) is 7.02. The number of fused-ring (bicyclic) bond motifs is 1. The zero-order valence-electron chi connectivity index (χ0n) is 10.1. The first kappa shape index (κ1) is 13.9. The molecule has 102 valence electrons. The zero-order valence-corrected chi connectivity index (χ0v) is 11.7. The number of aromatic amines is 1. The van der Waals surface area contributed by atoms with E-state index in [1.165, 1.54) is 23.9 Å². The fraction of sp³-hybridized carbons (Fsp3) is 0.273. The van der Waals surface area contributed by atoms with Crippen molar-refractivity contribution in [1.29, 1.82) is 0 Å². The molecule has 2 aromatic rings. The van der Waals surface area contributed by atoms with Crippen molar-refractivity contribution < 1.29 is 18.3 Å². The SMILES string of the molecule is CS(=O)(=O)c1ccc2nc(CSCC(=O)O)[nH]c2c1. The van der Waals surface area contributed by atoms with Gasteiger partial charge in [-0.2, -0.15) is 0 Å². The highest BCUT2D eigenvalue weighted by atomic mass is 32.2. The van der Waals surface area contributed by atoms with Crippen molar-refractivity contribution in [3.05, 3.63) is 24.0 Å². The maximum absolute atomic E-state index is 11.4. The first-order chi connectivity index (χ1) is 8.86. The second-order valence-electron chi connectivity index (χ2n) is 4.02. The monoisotopic (exact) mass is 300 g/mol. The number of H-pyrrole nitrogens is 1. The van der Waals surface area contributed by atoms with Crippen molar-refractivity contribution >= 4 is 38.6 Å². The highest BCUT2D eigenvalue weighted by molar-refractivity contribution is 7.99. The summed E-state index contributed by atoms with van der Waals surface area (Å²) in [4.78, 5) is 17.9. The highest BCUT2D eigenvalue weighted by Gasteiger charge is 2.10. The molecule has 0 aliphatic heterocycles. The molecule has 8 heteroatoms. The first-order valence-corrected chi connectivity index (χ1v) is 8.39. The summed E-state index contributed by atoms with van der Waals surface area (Å²) in [5, 5.41) is 8.54. The van der Waals surface area contributed by atoms with Crippen molar-refractivity contribution in [2.24, 2.45) is 0 Å². The third-order valence-electron chi connectivity index (χ3n) is 2.39. The average molecular weight is 300 g/mol. The Hall–Kier alpha value is -1.54. The van der Waals surface area contributed by atoms with E-state index in [-0.39, 0.29) is 10.6 Å². The Labute approximate surface area is 114 Å². The van der Waals surface area contributed by atoms with Crippen molar-refractivity contribution in [3.63, 3.8) is 0 Å². The number of carboxylic acids is 1. The van der Waals surface area contributed by atoms with Gasteiger partial charge in [-0.1, -0.05) is 0 Å². The molecule has 0 unspecified atom stereocenters. The van der Waals surface area contributed by atoms with Gasteiger partial charge in [-0.05, 0) is 18.2 Å². The quantitative estimate of drug-likeness (QED) is 0.863. The number of aliphatic carboxylic acids is 1. The van der Waals surface area contributed by atoms with E-state index in [1.54, 1.807) is 6.07 Å². The number of aromatic nitrogens is 2. The molecule has 1 aromatic carbocycles. The minimum atomic E-state index is -3.24. The Morgan fingerprint density at radius 2 is 2.21 bits per heavy atom. The van der Waals surface area contributed by atoms with Crippen LogP contribution in [0.25, 0.3) is 11.0 Å². The summed E-state index contributed by atoms with van der Waals surface area (Å²) >= 11 is 1.23. The third kappa shape index (κ3) is 3.48. The molecule has 0 spiro atoms. The van der Waals surface area contributed by atoms with Gasteiger partial charge >= 0.3 is 5.97 Å². The molecular weight excluding hydrogens is 288 g/mol. The number of hydrogen-bond acceptors (Lipinski definition) is 5. The number of hydrogen-bond donors (Lipinski definition) is 2. The molecule has 0 aliphatic rings. The topological polar surface area (TPSA) is 100 Å². The Morgan fingerprint density at radius 3 is 2.84 bits per heavy atom. The fourth-order valence-corrected chi connectivity index (χ4v) is 2.83. The summed E-state index contributed by atoms with van der Waals surface area (Å²) in [7, 11) is -3.24. The lowest BCUT2D eigenvalue weighted by atomic mass is 10.3. The fourth-order valence-electron chi connectivity index (χ4n) is 1.58. The lowest BCUT2D eigenvalue weighted by molar-refractivity contribution is -0.133. The van der Waals surface area contributed by atoms with Gasteiger partial charge in [0.1, 0.15) is 5.82 Å². The molecule has 1 aromatic heterocycles. The molecule has 0 fully saturated rings. The van der Waals surface area contributed by atoms with Crippen LogP contribution >= 0.6 is 11.8 Å². The summed E-state index contributed by atoms with van der Waals surface area (Å²) in [6.07, 6.45) is 1.15. The Balaban J connectivity index is 2.23. The van der Waals surface area contributed by atoms with Crippen molar-refractivity contribution in [3.8, 4) is 0 Å². The summed E-state index contributed by atoms with van der Waals surface area (Å²) < 4.78 is 22.9. The molecule has 0 saturated carbocycles. The molecule has 0 aliphatic carbocycles. The smallest absolute Gasteiger partial charge is 0.313 e. The third-order valence-corrected chi connectivity index (χ3v) is 4.43. The number of rotatable bonds is 5. The first-order valence-electron chi connectivity index (χ1n) is 5.34. The lowest BCUT2D eigenvalue weighted by Gasteiger charge is -1.96. The Bertz CT molecular complexity index is 721. The number of nitrogens with one attached hydrogen (secondary N) is 1. The van der Waals surface area contributed by atoms with Gasteiger partial charge < -0.3 is 10.1 Å². The van der Waals surface area contributed by atoms with Crippen molar-refractivity contribution in [1.82, 2.24) is 9.97 Å². The second kappa shape index (κ2) is 5.22. The van der Waals surface area contributed by atoms with Gasteiger partial charge in [0.2, 0.25) is 0 Å². The Morgan fingerprint density at radius 1 is 1.47 bits per heavy atom. The predicted octanol–water partition coefficient (Wildman–Crippen LogP) is 1.28. The summed E-state index contributed by atoms with van der Waals surface area (Å²) in [5.74, 6) is 0.202. The summed E-state index contributed by atoms with van der Waals surface area (Å²) in [6.45, 7) is 0. The van der Waals surface area contributed by atoms with Crippen LogP contribution in [-0.2, 0) is 20.4 Å². The molecule has 2 N–H and O–H groups in total. The molecule has 6 nitrogen and oxygen atoms in total. The number of nitrogens with zero attached hydrogens (tertiary/aromatic N) is 1. The summed E-state index contributed by atoms with van der Waals surface area (Å²) in [6, 6.07) is 4.67. The van der Waals surface area contributed by atoms with Crippen LogP contribution in [0.3, 0.4) is 0 Å². The van der Waals surface area contributed by atoms with Gasteiger partial charge in [-0.3, -0.25) is 4.79 Å². The number of imidazole rings is 1. The van der Waals surface area contributed by atoms with Crippen LogP contribution in [0.2, 0.25) is 0 Å². The molecule has 2 rings (SSSR count). The average Bonchev–Trinajstić information content (AvgIpc) is 2.68. The maximum Gasteiger partial charge on any atom is 0.313 e. The van der Waals surface area contributed by atoms with E-state index in [0.29, 0.717) is 22.6 Å². The van der Waals surface area contributed by atoms with E-state index in [9.17, 15) is 13.2 Å². The van der Waals surface area contributed by atoms with Gasteiger partial charge in [0.05, 0.1) is 27.4 Å². The molecule has 0 amide bonds. The van der Waals surface area contributed by atoms with Crippen LogP contribution < -0.4 is 0 Å². The van der Waals surface area contributed by atoms with Crippen LogP contribution in [-0.4, -0.2) is 41.5 Å². The van der Waals surface area contributed by atoms with Crippen LogP contribution in [0.15, 0.2) is 23.1 Å². The van der Waals surface area contributed by atoms with Gasteiger partial charge in [-0.15, -0.1) is 11.8 Å². The molecule has 0 bridgehead atoms. The van der Waals surface area contributed by atoms with Gasteiger partial charge in [-0.25, -0.2) is 13.4 Å². The number of carboxylic acid groups (broad SMARTS) is 1. The van der Waals surface area contributed by atoms with Crippen LogP contribution in [0, 0.1) is 0 Å². The molecule has 0 radical (unpaired) electrons. The minimum Gasteiger partial charge on any atom is -0.481 e. The van der Waals surface area contributed by atoms with E-state index in [2.05, 4.69) is 9.97 Å². The maximum atomic E-state index is 11.4. The highest BCUT2D eigenvalue weighted by Crippen LogP contribution is 2.19. The van der Waals surface area contributed by atoms with Crippen LogP contribution in [0.5, 0.6) is 0 Å². The molecule has 0 saturated heterocycles. The lowest BCUT2D eigenvalue weighted by Crippen LogP contribution is -1.98. The largest absolute Gasteiger partial charge is 0.481 e. The van der Waals surface area contributed by atoms with Crippen molar-refractivity contribution in [2.45, 2.75) is 10.6 Å². The number of sulfone groups is 1. The van der Waals surface area contributed by atoms with E-state index in [0.717, 1.165) is 6.26 Å². The Kier molecular flexibility index (Phi) is 3.81. The number of carbonyl (C=O) groups is 1. The van der Waals surface area contributed by atoms with E-state index in [1.807, 2.05) is 0 Å². The zero-order chi connectivity index (χ0) is 14.0. The van der Waals surface area contributed by atoms with E-state index in [4.69, 9.17) is 5.11 Å². The van der Waals surface area contributed by atoms with Crippen LogP contribution in [0.4, 0.5) is 0 Å². The van der Waals surface area contributed by atoms with Gasteiger partial charge in [0.15, 0.2) is 9.84 Å². The molecule has 1 heterocycles. The molecule has 0 atom stereocenters. The summed E-state index contributed by atoms with van der Waals surface area (Å²) in [5.41, 5.74) is 1.30. The molecular formula is C11H12N2O4S2. The standard InChI is InChI=1S/C11H12N2O4S2/c1-19(16,17)7-2-3-8-9(4-7)13-10(12-8)5-18-6-11(14)15/h2-4H,5-6H2,1H3,(H,12,13)(H,14,15). The van der Waals surface area contributed by atoms with Gasteiger partial charge in [0, 0.05) is 6.26 Å². The predicted molar refractivity (Wildman–Crippen MR) is 73.0 cm³/mol. The van der Waals surface area contributed by atoms with E-state index >= 15 is 0 Å². The molecule has 19 heavy (non-hydrogen) atoms. The van der Waals surface area contributed by atoms with Gasteiger partial charge in [0.25, 0.3) is 0 Å². The normalized spacial score (nSPS) is 11.8. The number of benzene rings is 1.